The fourth-order valence-corrected chi connectivity index (χ4v) is 4.19. The van der Waals surface area contributed by atoms with Gasteiger partial charge in [-0.1, -0.05) is 27.2 Å². The lowest BCUT2D eigenvalue weighted by Crippen LogP contribution is -2.58. The van der Waals surface area contributed by atoms with Crippen LogP contribution in [0.3, 0.4) is 0 Å². The van der Waals surface area contributed by atoms with Gasteiger partial charge in [0.05, 0.1) is 0 Å². The maximum Gasteiger partial charge on any atom is 0.225 e. The van der Waals surface area contributed by atoms with Crippen molar-refractivity contribution in [2.75, 3.05) is 26.2 Å². The molecular formula is C18H32N2O. The smallest absolute Gasteiger partial charge is 0.225 e. The summed E-state index contributed by atoms with van der Waals surface area (Å²) in [6.45, 7) is 11.4. The lowest BCUT2D eigenvalue weighted by molar-refractivity contribution is -0.148. The van der Waals surface area contributed by atoms with Crippen LogP contribution in [0.25, 0.3) is 0 Å². The minimum Gasteiger partial charge on any atom is -0.342 e. The first-order valence-corrected chi connectivity index (χ1v) is 9.11. The normalized spacial score (nSPS) is 32.1. The zero-order valence-electron chi connectivity index (χ0n) is 14.1. The average Bonchev–Trinajstić information content (AvgIpc) is 2.35. The third kappa shape index (κ3) is 3.13. The second kappa shape index (κ2) is 6.28. The molecule has 3 fully saturated rings. The van der Waals surface area contributed by atoms with E-state index in [2.05, 4.69) is 30.6 Å². The molecule has 3 nitrogen and oxygen atoms in total. The van der Waals surface area contributed by atoms with E-state index in [1.807, 2.05) is 0 Å². The topological polar surface area (TPSA) is 23.6 Å². The Morgan fingerprint density at radius 1 is 1.14 bits per heavy atom. The van der Waals surface area contributed by atoms with E-state index in [4.69, 9.17) is 0 Å². The fraction of sp³-hybridized carbons (Fsp3) is 0.944. The average molecular weight is 292 g/mol. The summed E-state index contributed by atoms with van der Waals surface area (Å²) in [6, 6.07) is 0.707. The number of hydrogen-bond acceptors (Lipinski definition) is 2. The summed E-state index contributed by atoms with van der Waals surface area (Å²) in [7, 11) is 0. The van der Waals surface area contributed by atoms with Crippen molar-refractivity contribution in [3.63, 3.8) is 0 Å². The molecule has 0 bridgehead atoms. The van der Waals surface area contributed by atoms with Crippen LogP contribution in [0.2, 0.25) is 0 Å². The Balaban J connectivity index is 1.37. The zero-order valence-corrected chi connectivity index (χ0v) is 14.1. The molecule has 3 rings (SSSR count). The Hall–Kier alpha value is -0.570. The summed E-state index contributed by atoms with van der Waals surface area (Å²) in [5.74, 6) is 3.22. The first-order chi connectivity index (χ1) is 10.1. The maximum atomic E-state index is 12.4. The van der Waals surface area contributed by atoms with Crippen molar-refractivity contribution in [1.29, 1.82) is 0 Å². The standard InChI is InChI=1S/C18H32N2O/c1-4-14-5-7-19(8-6-14)17-9-15(10-17)18(21)20-11-16(12-20)13(2)3/h13-17H,4-12H2,1-3H3. The lowest BCUT2D eigenvalue weighted by atomic mass is 9.76. The van der Waals surface area contributed by atoms with Crippen molar-refractivity contribution in [1.82, 2.24) is 9.80 Å². The zero-order chi connectivity index (χ0) is 15.0. The SMILES string of the molecule is CCC1CCN(C2CC(C(=O)N3CC(C(C)C)C3)C2)CC1. The highest BCUT2D eigenvalue weighted by molar-refractivity contribution is 5.80. The van der Waals surface area contributed by atoms with Gasteiger partial charge in [0.1, 0.15) is 0 Å². The molecule has 1 aliphatic carbocycles. The highest BCUT2D eigenvalue weighted by Crippen LogP contribution is 2.37. The third-order valence-corrected chi connectivity index (χ3v) is 6.37. The molecule has 0 radical (unpaired) electrons. The van der Waals surface area contributed by atoms with Gasteiger partial charge in [-0.25, -0.2) is 0 Å². The second-order valence-electron chi connectivity index (χ2n) is 7.96. The van der Waals surface area contributed by atoms with Crippen LogP contribution in [0.4, 0.5) is 0 Å². The Labute approximate surface area is 130 Å². The van der Waals surface area contributed by atoms with Crippen LogP contribution in [-0.2, 0) is 4.79 Å². The molecule has 2 heterocycles. The number of carbonyl (C=O) groups is 1. The van der Waals surface area contributed by atoms with Crippen molar-refractivity contribution in [3.8, 4) is 0 Å². The van der Waals surface area contributed by atoms with Gasteiger partial charge in [-0.3, -0.25) is 4.79 Å². The van der Waals surface area contributed by atoms with Gasteiger partial charge in [0.15, 0.2) is 0 Å². The molecule has 120 valence electrons. The molecule has 0 aromatic carbocycles. The highest BCUT2D eigenvalue weighted by atomic mass is 16.2. The Kier molecular flexibility index (Phi) is 4.58. The number of rotatable bonds is 4. The van der Waals surface area contributed by atoms with Crippen LogP contribution < -0.4 is 0 Å². The van der Waals surface area contributed by atoms with E-state index in [1.54, 1.807) is 0 Å². The van der Waals surface area contributed by atoms with E-state index < -0.39 is 0 Å². The van der Waals surface area contributed by atoms with Gasteiger partial charge >= 0.3 is 0 Å². The molecule has 0 spiro atoms. The molecule has 0 N–H and O–H groups in total. The van der Waals surface area contributed by atoms with Crippen LogP contribution in [0, 0.1) is 23.7 Å². The fourth-order valence-electron chi connectivity index (χ4n) is 4.19. The molecule has 2 aliphatic heterocycles. The largest absolute Gasteiger partial charge is 0.342 e. The maximum absolute atomic E-state index is 12.4. The molecule has 3 heteroatoms. The van der Waals surface area contributed by atoms with E-state index in [1.165, 1.54) is 32.4 Å². The van der Waals surface area contributed by atoms with Crippen molar-refractivity contribution >= 4 is 5.91 Å². The first-order valence-electron chi connectivity index (χ1n) is 9.11. The van der Waals surface area contributed by atoms with Crippen LogP contribution in [0.15, 0.2) is 0 Å². The molecule has 3 aliphatic rings. The number of amides is 1. The summed E-state index contributed by atoms with van der Waals surface area (Å²) >= 11 is 0. The quantitative estimate of drug-likeness (QED) is 0.795. The van der Waals surface area contributed by atoms with Gasteiger partial charge in [-0.05, 0) is 56.5 Å². The predicted molar refractivity (Wildman–Crippen MR) is 86.0 cm³/mol. The Morgan fingerprint density at radius 3 is 2.29 bits per heavy atom. The van der Waals surface area contributed by atoms with E-state index in [9.17, 15) is 4.79 Å². The third-order valence-electron chi connectivity index (χ3n) is 6.37. The lowest BCUT2D eigenvalue weighted by Gasteiger charge is -2.49. The van der Waals surface area contributed by atoms with Crippen LogP contribution in [0.5, 0.6) is 0 Å². The minimum atomic E-state index is 0.340. The van der Waals surface area contributed by atoms with Crippen molar-refractivity contribution in [2.24, 2.45) is 23.7 Å². The summed E-state index contributed by atoms with van der Waals surface area (Å²) < 4.78 is 0. The van der Waals surface area contributed by atoms with E-state index in [0.29, 0.717) is 17.9 Å². The summed E-state index contributed by atoms with van der Waals surface area (Å²) in [5, 5.41) is 0. The molecular weight excluding hydrogens is 260 g/mol. The van der Waals surface area contributed by atoms with Crippen molar-refractivity contribution < 1.29 is 4.79 Å². The number of piperidine rings is 1. The van der Waals surface area contributed by atoms with Gasteiger partial charge in [0, 0.05) is 25.0 Å². The Morgan fingerprint density at radius 2 is 1.76 bits per heavy atom. The second-order valence-corrected chi connectivity index (χ2v) is 7.96. The minimum absolute atomic E-state index is 0.340. The molecule has 0 aromatic rings. The molecule has 0 aromatic heterocycles. The summed E-state index contributed by atoms with van der Waals surface area (Å²) in [5.41, 5.74) is 0. The van der Waals surface area contributed by atoms with Gasteiger partial charge in [0.2, 0.25) is 5.91 Å². The molecule has 0 unspecified atom stereocenters. The highest BCUT2D eigenvalue weighted by Gasteiger charge is 2.43. The Bertz CT molecular complexity index is 361. The predicted octanol–water partition coefficient (Wildman–Crippen LogP) is 3.00. The van der Waals surface area contributed by atoms with Crippen molar-refractivity contribution in [2.45, 2.75) is 58.9 Å². The molecule has 2 saturated heterocycles. The molecule has 21 heavy (non-hydrogen) atoms. The van der Waals surface area contributed by atoms with E-state index in [-0.39, 0.29) is 0 Å². The summed E-state index contributed by atoms with van der Waals surface area (Å²) in [4.78, 5) is 17.2. The number of likely N-dealkylation sites (tertiary alicyclic amines) is 2. The number of hydrogen-bond donors (Lipinski definition) is 0. The molecule has 0 atom stereocenters. The molecule has 1 amide bonds. The molecule has 1 saturated carbocycles. The van der Waals surface area contributed by atoms with Crippen LogP contribution in [0.1, 0.15) is 52.9 Å². The monoisotopic (exact) mass is 292 g/mol. The van der Waals surface area contributed by atoms with Gasteiger partial charge in [-0.2, -0.15) is 0 Å². The van der Waals surface area contributed by atoms with Gasteiger partial charge in [-0.15, -0.1) is 0 Å². The first kappa shape index (κ1) is 15.3. The van der Waals surface area contributed by atoms with Crippen LogP contribution >= 0.6 is 0 Å². The van der Waals surface area contributed by atoms with E-state index >= 15 is 0 Å². The number of nitrogens with zero attached hydrogens (tertiary/aromatic N) is 2. The van der Waals surface area contributed by atoms with Gasteiger partial charge < -0.3 is 9.80 Å². The summed E-state index contributed by atoms with van der Waals surface area (Å²) in [6.07, 6.45) is 6.32. The van der Waals surface area contributed by atoms with Gasteiger partial charge in [0.25, 0.3) is 0 Å². The van der Waals surface area contributed by atoms with Crippen LogP contribution in [-0.4, -0.2) is 47.9 Å². The van der Waals surface area contributed by atoms with Crippen molar-refractivity contribution in [3.05, 3.63) is 0 Å². The number of carbonyl (C=O) groups excluding carboxylic acids is 1. The van der Waals surface area contributed by atoms with E-state index in [0.717, 1.165) is 43.7 Å².